The van der Waals surface area contributed by atoms with Crippen molar-refractivity contribution >= 4 is 40.4 Å². The summed E-state index contributed by atoms with van der Waals surface area (Å²) < 4.78 is 13.5. The average molecular weight is 453 g/mol. The maximum absolute atomic E-state index is 13.5. The highest BCUT2D eigenvalue weighted by Gasteiger charge is 2.47. The molecule has 1 fully saturated rings. The van der Waals surface area contributed by atoms with E-state index in [1.54, 1.807) is 0 Å². The van der Waals surface area contributed by atoms with Crippen LogP contribution in [0.15, 0.2) is 78.4 Å². The number of aliphatic hydroxyl groups excluding tert-OH is 1. The lowest BCUT2D eigenvalue weighted by Crippen LogP contribution is -2.29. The highest BCUT2D eigenvalue weighted by molar-refractivity contribution is 6.51. The molecule has 9 heteroatoms. The van der Waals surface area contributed by atoms with E-state index in [-0.39, 0.29) is 22.5 Å². The first-order valence-electron chi connectivity index (χ1n) is 9.35. The number of non-ortho nitro benzene ring substituents is 1. The van der Waals surface area contributed by atoms with Crippen LogP contribution in [0.5, 0.6) is 0 Å². The monoisotopic (exact) mass is 452 g/mol. The number of nitro groups is 1. The van der Waals surface area contributed by atoms with Crippen LogP contribution in [-0.4, -0.2) is 21.7 Å². The highest BCUT2D eigenvalue weighted by Crippen LogP contribution is 2.42. The third kappa shape index (κ3) is 3.72. The summed E-state index contributed by atoms with van der Waals surface area (Å²) >= 11 is 5.90. The van der Waals surface area contributed by atoms with Gasteiger partial charge in [0.1, 0.15) is 11.6 Å². The number of halogens is 2. The summed E-state index contributed by atoms with van der Waals surface area (Å²) in [5.41, 5.74) is 0.473. The first-order valence-corrected chi connectivity index (χ1v) is 9.72. The predicted octanol–water partition coefficient (Wildman–Crippen LogP) is 5.01. The molecule has 7 nitrogen and oxygen atoms in total. The number of nitrogens with zero attached hydrogens (tertiary/aromatic N) is 2. The number of carbonyl (C=O) groups is 2. The Morgan fingerprint density at radius 3 is 2.12 bits per heavy atom. The lowest BCUT2D eigenvalue weighted by Gasteiger charge is -2.25. The molecule has 32 heavy (non-hydrogen) atoms. The Bertz CT molecular complexity index is 1260. The van der Waals surface area contributed by atoms with Gasteiger partial charge in [-0.05, 0) is 66.2 Å². The van der Waals surface area contributed by atoms with Crippen molar-refractivity contribution in [2.24, 2.45) is 0 Å². The SMILES string of the molecule is O=C1C(=O)N(c2ccc(F)cc2)C(c2ccc([N+](=O)[O-])cc2)C1=C(O)c1ccc(Cl)cc1. The van der Waals surface area contributed by atoms with Crippen LogP contribution in [-0.2, 0) is 9.59 Å². The van der Waals surface area contributed by atoms with Crippen molar-refractivity contribution in [1.29, 1.82) is 0 Å². The molecule has 160 valence electrons. The lowest BCUT2D eigenvalue weighted by molar-refractivity contribution is -0.384. The number of carbonyl (C=O) groups excluding carboxylic acids is 2. The largest absolute Gasteiger partial charge is 0.507 e. The Kier molecular flexibility index (Phi) is 5.46. The summed E-state index contributed by atoms with van der Waals surface area (Å²) in [5.74, 6) is -2.81. The van der Waals surface area contributed by atoms with Gasteiger partial charge in [0.2, 0.25) is 0 Å². The summed E-state index contributed by atoms with van der Waals surface area (Å²) in [6, 6.07) is 15.2. The number of ketones is 1. The fraction of sp³-hybridized carbons (Fsp3) is 0.0435. The number of aliphatic hydroxyl groups is 1. The molecule has 1 atom stereocenters. The second-order valence-electron chi connectivity index (χ2n) is 7.00. The molecule has 1 unspecified atom stereocenters. The van der Waals surface area contributed by atoms with Crippen LogP contribution in [0.2, 0.25) is 5.02 Å². The quantitative estimate of drug-likeness (QED) is 0.197. The van der Waals surface area contributed by atoms with Gasteiger partial charge >= 0.3 is 0 Å². The molecule has 1 saturated heterocycles. The van der Waals surface area contributed by atoms with E-state index in [9.17, 15) is 29.2 Å². The summed E-state index contributed by atoms with van der Waals surface area (Å²) in [4.78, 5) is 37.5. The maximum atomic E-state index is 13.5. The van der Waals surface area contributed by atoms with Crippen molar-refractivity contribution in [3.05, 3.63) is 110 Å². The molecule has 1 N–H and O–H groups in total. The maximum Gasteiger partial charge on any atom is 0.300 e. The summed E-state index contributed by atoms with van der Waals surface area (Å²) in [7, 11) is 0. The number of hydrogen-bond donors (Lipinski definition) is 1. The minimum Gasteiger partial charge on any atom is -0.507 e. The van der Waals surface area contributed by atoms with Gasteiger partial charge in [-0.3, -0.25) is 24.6 Å². The molecule has 0 aromatic heterocycles. The normalized spacial score (nSPS) is 17.6. The Hall–Kier alpha value is -4.04. The average Bonchev–Trinajstić information content (AvgIpc) is 3.05. The van der Waals surface area contributed by atoms with Crippen LogP contribution >= 0.6 is 11.6 Å². The number of benzene rings is 3. The number of anilines is 1. The molecular weight excluding hydrogens is 439 g/mol. The second kappa shape index (κ2) is 8.24. The van der Waals surface area contributed by atoms with E-state index in [0.717, 1.165) is 17.0 Å². The molecule has 1 aliphatic heterocycles. The van der Waals surface area contributed by atoms with Crippen molar-refractivity contribution < 1.29 is 24.0 Å². The van der Waals surface area contributed by atoms with Crippen molar-refractivity contribution in [3.63, 3.8) is 0 Å². The first kappa shape index (κ1) is 21.2. The molecule has 4 rings (SSSR count). The van der Waals surface area contributed by atoms with E-state index in [1.807, 2.05) is 0 Å². The first-order chi connectivity index (χ1) is 15.3. The van der Waals surface area contributed by atoms with Crippen molar-refractivity contribution in [1.82, 2.24) is 0 Å². The summed E-state index contributed by atoms with van der Waals surface area (Å²) in [5, 5.41) is 22.4. The van der Waals surface area contributed by atoms with E-state index in [0.29, 0.717) is 10.6 Å². The zero-order valence-electron chi connectivity index (χ0n) is 16.2. The standard InChI is InChI=1S/C23H14ClFN2O5/c24-15-5-1-14(2-6-15)21(28)19-20(13-3-9-18(10-4-13)27(31)32)26(23(30)22(19)29)17-11-7-16(25)8-12-17/h1-12,20,28H. The molecule has 0 aliphatic carbocycles. The highest BCUT2D eigenvalue weighted by atomic mass is 35.5. The van der Waals surface area contributed by atoms with E-state index < -0.39 is 34.2 Å². The third-order valence-electron chi connectivity index (χ3n) is 5.09. The predicted molar refractivity (Wildman–Crippen MR) is 116 cm³/mol. The van der Waals surface area contributed by atoms with Crippen molar-refractivity contribution in [2.45, 2.75) is 6.04 Å². The van der Waals surface area contributed by atoms with Crippen LogP contribution in [0.3, 0.4) is 0 Å². The van der Waals surface area contributed by atoms with Gasteiger partial charge < -0.3 is 5.11 Å². The minimum absolute atomic E-state index is 0.176. The Labute approximate surface area is 186 Å². The van der Waals surface area contributed by atoms with Gasteiger partial charge in [-0.1, -0.05) is 11.6 Å². The van der Waals surface area contributed by atoms with Crippen LogP contribution in [0.25, 0.3) is 5.76 Å². The molecule has 0 radical (unpaired) electrons. The molecule has 0 saturated carbocycles. The van der Waals surface area contributed by atoms with Gasteiger partial charge in [0.05, 0.1) is 16.5 Å². The number of rotatable bonds is 4. The van der Waals surface area contributed by atoms with Crippen LogP contribution in [0.4, 0.5) is 15.8 Å². The number of nitro benzene ring substituents is 1. The Morgan fingerprint density at radius 2 is 1.56 bits per heavy atom. The third-order valence-corrected chi connectivity index (χ3v) is 5.34. The zero-order valence-corrected chi connectivity index (χ0v) is 17.0. The van der Waals surface area contributed by atoms with E-state index in [1.165, 1.54) is 60.7 Å². The van der Waals surface area contributed by atoms with Crippen molar-refractivity contribution in [3.8, 4) is 0 Å². The Balaban J connectivity index is 1.92. The van der Waals surface area contributed by atoms with Crippen molar-refractivity contribution in [2.75, 3.05) is 4.90 Å². The summed E-state index contributed by atoms with van der Waals surface area (Å²) in [6.07, 6.45) is 0. The van der Waals surface area contributed by atoms with Crippen LogP contribution < -0.4 is 4.90 Å². The van der Waals surface area contributed by atoms with Gasteiger partial charge in [-0.25, -0.2) is 4.39 Å². The Morgan fingerprint density at radius 1 is 0.969 bits per heavy atom. The second-order valence-corrected chi connectivity index (χ2v) is 7.44. The molecule has 3 aromatic carbocycles. The smallest absolute Gasteiger partial charge is 0.300 e. The number of Topliss-reactive ketones (excluding diaryl/α,β-unsaturated/α-hetero) is 1. The topological polar surface area (TPSA) is 101 Å². The molecule has 3 aromatic rings. The fourth-order valence-electron chi connectivity index (χ4n) is 3.56. The molecule has 1 amide bonds. The van der Waals surface area contributed by atoms with Gasteiger partial charge in [0, 0.05) is 28.4 Å². The molecule has 0 bridgehead atoms. The van der Waals surface area contributed by atoms with E-state index >= 15 is 0 Å². The van der Waals surface area contributed by atoms with Gasteiger partial charge in [0.15, 0.2) is 0 Å². The van der Waals surface area contributed by atoms with Crippen LogP contribution in [0.1, 0.15) is 17.2 Å². The van der Waals surface area contributed by atoms with Gasteiger partial charge in [-0.2, -0.15) is 0 Å². The van der Waals surface area contributed by atoms with Gasteiger partial charge in [0.25, 0.3) is 17.4 Å². The number of amides is 1. The van der Waals surface area contributed by atoms with E-state index in [4.69, 9.17) is 11.6 Å². The minimum atomic E-state index is -1.09. The molecule has 1 heterocycles. The van der Waals surface area contributed by atoms with Gasteiger partial charge in [-0.15, -0.1) is 0 Å². The van der Waals surface area contributed by atoms with E-state index in [2.05, 4.69) is 0 Å². The molecular formula is C23H14ClFN2O5. The van der Waals surface area contributed by atoms with Crippen LogP contribution in [0, 0.1) is 15.9 Å². The number of hydrogen-bond acceptors (Lipinski definition) is 5. The molecule has 1 aliphatic rings. The fourth-order valence-corrected chi connectivity index (χ4v) is 3.68. The summed E-state index contributed by atoms with van der Waals surface area (Å²) in [6.45, 7) is 0. The molecule has 0 spiro atoms. The zero-order chi connectivity index (χ0) is 23.0. The lowest BCUT2D eigenvalue weighted by atomic mass is 9.95.